The number of nitrogens with one attached hydrogen (secondary N) is 1. The Morgan fingerprint density at radius 3 is 2.62 bits per heavy atom. The van der Waals surface area contributed by atoms with Crippen LogP contribution in [0.1, 0.15) is 33.1 Å². The number of thiophene rings is 1. The molecule has 2 rings (SSSR count). The van der Waals surface area contributed by atoms with Crippen LogP contribution in [0, 0.1) is 10.1 Å². The molecular formula is C12H19N3O4S2. The Kier molecular flexibility index (Phi) is 4.84. The van der Waals surface area contributed by atoms with Crippen molar-refractivity contribution in [3.8, 4) is 0 Å². The molecule has 0 atom stereocenters. The van der Waals surface area contributed by atoms with E-state index in [4.69, 9.17) is 0 Å². The van der Waals surface area contributed by atoms with E-state index in [1.54, 1.807) is 6.92 Å². The highest BCUT2D eigenvalue weighted by Gasteiger charge is 2.39. The second-order valence-corrected chi connectivity index (χ2v) is 8.07. The molecule has 1 heterocycles. The highest BCUT2D eigenvalue weighted by Crippen LogP contribution is 2.40. The zero-order valence-electron chi connectivity index (χ0n) is 12.0. The van der Waals surface area contributed by atoms with Gasteiger partial charge < -0.3 is 5.32 Å². The molecule has 118 valence electrons. The quantitative estimate of drug-likeness (QED) is 0.583. The molecule has 0 aliphatic heterocycles. The van der Waals surface area contributed by atoms with Gasteiger partial charge in [0.2, 0.25) is 0 Å². The summed E-state index contributed by atoms with van der Waals surface area (Å²) < 4.78 is 26.7. The fraction of sp³-hybridized carbons (Fsp3) is 0.667. The second kappa shape index (κ2) is 6.29. The van der Waals surface area contributed by atoms with Gasteiger partial charge in [0.25, 0.3) is 10.0 Å². The van der Waals surface area contributed by atoms with Crippen molar-refractivity contribution in [2.24, 2.45) is 0 Å². The first-order valence-electron chi connectivity index (χ1n) is 6.95. The minimum absolute atomic E-state index is 0.0431. The lowest BCUT2D eigenvalue weighted by molar-refractivity contribution is -0.383. The average Bonchev–Trinajstić information content (AvgIpc) is 3.14. The van der Waals surface area contributed by atoms with E-state index < -0.39 is 14.9 Å². The number of hydrogen-bond acceptors (Lipinski definition) is 6. The Hall–Kier alpha value is -1.19. The third kappa shape index (κ3) is 3.35. The first-order valence-corrected chi connectivity index (χ1v) is 9.21. The van der Waals surface area contributed by atoms with E-state index in [2.05, 4.69) is 5.32 Å². The van der Waals surface area contributed by atoms with Gasteiger partial charge in [-0.25, -0.2) is 8.42 Å². The van der Waals surface area contributed by atoms with Crippen LogP contribution in [0.25, 0.3) is 0 Å². The van der Waals surface area contributed by atoms with Crippen LogP contribution in [0.3, 0.4) is 0 Å². The highest BCUT2D eigenvalue weighted by atomic mass is 32.2. The van der Waals surface area contributed by atoms with E-state index in [0.29, 0.717) is 18.1 Å². The molecule has 0 unspecified atom stereocenters. The fourth-order valence-electron chi connectivity index (χ4n) is 2.09. The van der Waals surface area contributed by atoms with Gasteiger partial charge in [-0.2, -0.15) is 4.31 Å². The van der Waals surface area contributed by atoms with Gasteiger partial charge >= 0.3 is 5.69 Å². The van der Waals surface area contributed by atoms with Crippen molar-refractivity contribution < 1.29 is 13.3 Å². The number of nitro groups is 1. The van der Waals surface area contributed by atoms with Crippen LogP contribution in [-0.4, -0.2) is 36.8 Å². The van der Waals surface area contributed by atoms with Crippen molar-refractivity contribution in [2.75, 3.05) is 18.4 Å². The smallest absolute Gasteiger partial charge is 0.304 e. The molecule has 21 heavy (non-hydrogen) atoms. The molecule has 1 aromatic heterocycles. The van der Waals surface area contributed by atoms with Gasteiger partial charge in [0, 0.05) is 25.2 Å². The zero-order valence-corrected chi connectivity index (χ0v) is 13.7. The molecule has 1 saturated carbocycles. The minimum Gasteiger partial charge on any atom is -0.371 e. The molecule has 1 aliphatic rings. The molecule has 0 bridgehead atoms. The number of anilines is 1. The van der Waals surface area contributed by atoms with Crippen LogP contribution in [0.4, 0.5) is 10.7 Å². The summed E-state index contributed by atoms with van der Waals surface area (Å²) in [6.07, 6.45) is 2.53. The van der Waals surface area contributed by atoms with Crippen molar-refractivity contribution in [1.29, 1.82) is 0 Å². The second-order valence-electron chi connectivity index (χ2n) is 4.90. The van der Waals surface area contributed by atoms with Gasteiger partial charge in [-0.05, 0) is 19.3 Å². The monoisotopic (exact) mass is 333 g/mol. The van der Waals surface area contributed by atoms with E-state index in [-0.39, 0.29) is 15.9 Å². The van der Waals surface area contributed by atoms with Crippen LogP contribution in [0.5, 0.6) is 0 Å². The lowest BCUT2D eigenvalue weighted by Crippen LogP contribution is -2.32. The minimum atomic E-state index is -3.64. The third-order valence-electron chi connectivity index (χ3n) is 3.25. The van der Waals surface area contributed by atoms with Crippen LogP contribution < -0.4 is 5.32 Å². The molecule has 1 fully saturated rings. The van der Waals surface area contributed by atoms with E-state index in [1.807, 2.05) is 6.92 Å². The molecule has 0 spiro atoms. The number of rotatable bonds is 8. The SMILES string of the molecule is CCCNc1sc(S(=O)(=O)N(CC)C2CC2)cc1[N+](=O)[O-]. The number of hydrogen-bond donors (Lipinski definition) is 1. The van der Waals surface area contributed by atoms with Crippen LogP contribution in [-0.2, 0) is 10.0 Å². The summed E-state index contributed by atoms with van der Waals surface area (Å²) >= 11 is 0.941. The summed E-state index contributed by atoms with van der Waals surface area (Å²) in [4.78, 5) is 10.5. The summed E-state index contributed by atoms with van der Waals surface area (Å²) in [6.45, 7) is 4.68. The molecule has 0 saturated heterocycles. The van der Waals surface area contributed by atoms with E-state index in [1.165, 1.54) is 10.4 Å². The highest BCUT2D eigenvalue weighted by molar-refractivity contribution is 7.91. The average molecular weight is 333 g/mol. The maximum atomic E-state index is 12.6. The van der Waals surface area contributed by atoms with Crippen molar-refractivity contribution in [1.82, 2.24) is 4.31 Å². The van der Waals surface area contributed by atoms with Gasteiger partial charge in [-0.1, -0.05) is 25.2 Å². The van der Waals surface area contributed by atoms with Crippen molar-refractivity contribution in [3.63, 3.8) is 0 Å². The molecule has 0 amide bonds. The first-order chi connectivity index (χ1) is 9.91. The molecule has 1 aliphatic carbocycles. The lowest BCUT2D eigenvalue weighted by atomic mass is 10.4. The van der Waals surface area contributed by atoms with Crippen molar-refractivity contribution in [2.45, 2.75) is 43.4 Å². The number of sulfonamides is 1. The van der Waals surface area contributed by atoms with Gasteiger partial charge in [0.1, 0.15) is 4.21 Å². The summed E-state index contributed by atoms with van der Waals surface area (Å²) in [5.74, 6) is 0. The standard InChI is InChI=1S/C12H19N3O4S2/c1-3-7-13-12-10(15(16)17)8-11(20-12)21(18,19)14(4-2)9-5-6-9/h8-9,13H,3-7H2,1-2H3. The predicted octanol–water partition coefficient (Wildman–Crippen LogP) is 2.65. The largest absolute Gasteiger partial charge is 0.371 e. The number of nitrogens with zero attached hydrogens (tertiary/aromatic N) is 2. The van der Waals surface area contributed by atoms with Crippen molar-refractivity contribution in [3.05, 3.63) is 16.2 Å². The Labute approximate surface area is 128 Å². The maximum absolute atomic E-state index is 12.6. The molecular weight excluding hydrogens is 314 g/mol. The van der Waals surface area contributed by atoms with Crippen molar-refractivity contribution >= 4 is 32.0 Å². The Morgan fingerprint density at radius 1 is 1.48 bits per heavy atom. The van der Waals surface area contributed by atoms with Gasteiger partial charge in [-0.15, -0.1) is 0 Å². The molecule has 7 nitrogen and oxygen atoms in total. The topological polar surface area (TPSA) is 92.6 Å². The Balaban J connectivity index is 2.36. The van der Waals surface area contributed by atoms with E-state index in [0.717, 1.165) is 30.6 Å². The van der Waals surface area contributed by atoms with E-state index >= 15 is 0 Å². The molecule has 1 N–H and O–H groups in total. The van der Waals surface area contributed by atoms with Gasteiger partial charge in [-0.3, -0.25) is 10.1 Å². The van der Waals surface area contributed by atoms with Crippen LogP contribution in [0.15, 0.2) is 10.3 Å². The summed E-state index contributed by atoms with van der Waals surface area (Å²) in [5, 5.41) is 14.3. The Morgan fingerprint density at radius 2 is 2.14 bits per heavy atom. The maximum Gasteiger partial charge on any atom is 0.304 e. The molecule has 9 heteroatoms. The molecule has 0 radical (unpaired) electrons. The molecule has 1 aromatic rings. The zero-order chi connectivity index (χ0) is 15.6. The van der Waals surface area contributed by atoms with E-state index in [9.17, 15) is 18.5 Å². The Bertz CT molecular complexity index is 622. The van der Waals surface area contributed by atoms with Gasteiger partial charge in [0.15, 0.2) is 5.00 Å². The third-order valence-corrected chi connectivity index (χ3v) is 6.81. The lowest BCUT2D eigenvalue weighted by Gasteiger charge is -2.18. The normalized spacial score (nSPS) is 15.4. The van der Waals surface area contributed by atoms with Gasteiger partial charge in [0.05, 0.1) is 4.92 Å². The van der Waals surface area contributed by atoms with Crippen LogP contribution >= 0.6 is 11.3 Å². The fourth-order valence-corrected chi connectivity index (χ4v) is 5.27. The molecule has 0 aromatic carbocycles. The summed E-state index contributed by atoms with van der Waals surface area (Å²) in [5.41, 5.74) is -0.168. The predicted molar refractivity (Wildman–Crippen MR) is 82.3 cm³/mol. The summed E-state index contributed by atoms with van der Waals surface area (Å²) in [7, 11) is -3.64. The van der Waals surface area contributed by atoms with Crippen LogP contribution in [0.2, 0.25) is 0 Å². The first kappa shape index (κ1) is 16.2. The summed E-state index contributed by atoms with van der Waals surface area (Å²) in [6, 6.07) is 1.22.